The zero-order chi connectivity index (χ0) is 81.3. The molecule has 0 amide bonds. The molecule has 1 atom stereocenters. The number of hydrogen-bond acceptors (Lipinski definition) is 7. The fourth-order valence-electron chi connectivity index (χ4n) is 21.4. The van der Waals surface area contributed by atoms with Crippen molar-refractivity contribution in [1.29, 1.82) is 0 Å². The summed E-state index contributed by atoms with van der Waals surface area (Å²) in [5, 5.41) is 4.54. The highest BCUT2D eigenvalue weighted by Gasteiger charge is 2.54. The Morgan fingerprint density at radius 3 is 1.06 bits per heavy atom. The minimum Gasteiger partial charge on any atom is -0.455 e. The van der Waals surface area contributed by atoms with Crippen molar-refractivity contribution in [3.63, 3.8) is 0 Å². The highest BCUT2D eigenvalue weighted by molar-refractivity contribution is 6.19. The number of nitrogens with zero attached hydrogens (tertiary/aromatic N) is 7. The Bertz CT molecular complexity index is 8130. The first-order valence-electron chi connectivity index (χ1n) is 42.4. The van der Waals surface area contributed by atoms with E-state index in [1.807, 2.05) is 36.4 Å². The van der Waals surface area contributed by atoms with Gasteiger partial charge in [0, 0.05) is 66.2 Å². The van der Waals surface area contributed by atoms with Gasteiger partial charge in [-0.05, 0) is 183 Å². The molecule has 26 rings (SSSR count). The Balaban J connectivity index is 0.558. The normalized spacial score (nSPS) is 13.9. The first kappa shape index (κ1) is 69.5. The highest BCUT2D eigenvalue weighted by atomic mass is 16.3. The zero-order valence-corrected chi connectivity index (χ0v) is 66.9. The first-order valence-corrected chi connectivity index (χ1v) is 42.4. The van der Waals surface area contributed by atoms with Crippen molar-refractivity contribution in [2.24, 2.45) is 0 Å². The van der Waals surface area contributed by atoms with Crippen LogP contribution in [0.4, 0.5) is 0 Å². The molecule has 0 saturated carbocycles. The smallest absolute Gasteiger partial charge is 0.164 e. The summed E-state index contributed by atoms with van der Waals surface area (Å²) >= 11 is 0. The van der Waals surface area contributed by atoms with Crippen molar-refractivity contribution in [2.45, 2.75) is 10.8 Å². The molecule has 124 heavy (non-hydrogen) atoms. The molecule has 0 radical (unpaired) electrons. The average molecular weight is 1580 g/mol. The molecule has 0 bridgehead atoms. The molecule has 4 aliphatic carbocycles. The fourth-order valence-corrected chi connectivity index (χ4v) is 21.4. The lowest BCUT2D eigenvalue weighted by Crippen LogP contribution is -2.25. The SMILES string of the molecule is c1ccc(-c2nc(-c3ccc(-c4ccc5c(c4)-c4ccccc4C54c5ccccc5-c5ccccc54)cc3)nc(-c3ccc(-c4ccc(-c5cccc6c5-c5ccccc5C65c6ccccc6-c6c(-c7ccccc7-c7nc(-c8ccccc8)nc(-c8ccc(-n9c%10ccccc%10c%10ccccc%109)cc8)n7)cccc65)c5c4oc4ccccc45)cc3)n2)cc1. The van der Waals surface area contributed by atoms with Gasteiger partial charge in [0.1, 0.15) is 11.2 Å². The Kier molecular flexibility index (Phi) is 15.2. The monoisotopic (exact) mass is 1580 g/mol. The van der Waals surface area contributed by atoms with Gasteiger partial charge < -0.3 is 8.98 Å². The molecule has 0 saturated heterocycles. The molecule has 8 nitrogen and oxygen atoms in total. The molecule has 0 aliphatic heterocycles. The molecular weight excluding hydrogens is 1510 g/mol. The van der Waals surface area contributed by atoms with Crippen molar-refractivity contribution in [2.75, 3.05) is 0 Å². The minimum absolute atomic E-state index is 0.396. The molecule has 1 unspecified atom stereocenters. The largest absolute Gasteiger partial charge is 0.455 e. The van der Waals surface area contributed by atoms with Crippen LogP contribution >= 0.6 is 0 Å². The summed E-state index contributed by atoms with van der Waals surface area (Å²) in [4.78, 5) is 31.9. The molecular formula is C116H69N7O. The fraction of sp³-hybridized carbons (Fsp3) is 0.0172. The predicted molar refractivity (Wildman–Crippen MR) is 502 cm³/mol. The van der Waals surface area contributed by atoms with Gasteiger partial charge in [0.25, 0.3) is 0 Å². The van der Waals surface area contributed by atoms with E-state index in [2.05, 4.69) is 387 Å². The van der Waals surface area contributed by atoms with Gasteiger partial charge in [-0.3, -0.25) is 0 Å². The van der Waals surface area contributed by atoms with Crippen molar-refractivity contribution in [3.8, 4) is 163 Å². The van der Waals surface area contributed by atoms with E-state index in [-0.39, 0.29) is 0 Å². The van der Waals surface area contributed by atoms with E-state index in [0.29, 0.717) is 34.9 Å². The summed E-state index contributed by atoms with van der Waals surface area (Å²) in [7, 11) is 0. The van der Waals surface area contributed by atoms with Gasteiger partial charge in [0.15, 0.2) is 34.9 Å². The van der Waals surface area contributed by atoms with Gasteiger partial charge in [0.05, 0.1) is 21.9 Å². The lowest BCUT2D eigenvalue weighted by molar-refractivity contribution is 0.670. The maximum atomic E-state index is 7.18. The van der Waals surface area contributed by atoms with Crippen molar-refractivity contribution < 1.29 is 4.42 Å². The maximum Gasteiger partial charge on any atom is 0.164 e. The third kappa shape index (κ3) is 10.1. The second-order valence-electron chi connectivity index (χ2n) is 32.9. The van der Waals surface area contributed by atoms with Gasteiger partial charge in [-0.2, -0.15) is 0 Å². The third-order valence-corrected chi connectivity index (χ3v) is 26.6. The van der Waals surface area contributed by atoms with Crippen molar-refractivity contribution >= 4 is 43.7 Å². The van der Waals surface area contributed by atoms with Crippen LogP contribution in [0, 0.1) is 0 Å². The molecule has 0 N–H and O–H groups in total. The summed E-state index contributed by atoms with van der Waals surface area (Å²) in [6.45, 7) is 0. The Morgan fingerprint density at radius 2 is 0.532 bits per heavy atom. The van der Waals surface area contributed by atoms with E-state index in [0.717, 1.165) is 117 Å². The zero-order valence-electron chi connectivity index (χ0n) is 66.9. The molecule has 18 aromatic carbocycles. The van der Waals surface area contributed by atoms with Crippen LogP contribution in [0.1, 0.15) is 44.5 Å². The number of para-hydroxylation sites is 3. The van der Waals surface area contributed by atoms with E-state index in [9.17, 15) is 0 Å². The van der Waals surface area contributed by atoms with Crippen LogP contribution in [0.3, 0.4) is 0 Å². The topological polar surface area (TPSA) is 95.4 Å². The number of rotatable bonds is 11. The first-order chi connectivity index (χ1) is 61.5. The van der Waals surface area contributed by atoms with E-state index in [4.69, 9.17) is 34.3 Å². The number of aromatic nitrogens is 7. The second-order valence-corrected chi connectivity index (χ2v) is 32.9. The van der Waals surface area contributed by atoms with Crippen LogP contribution in [0.15, 0.2) is 423 Å². The number of fused-ring (bicyclic) bond motifs is 26. The second kappa shape index (κ2) is 27.0. The third-order valence-electron chi connectivity index (χ3n) is 26.6. The Hall–Kier alpha value is -16.4. The standard InChI is InChI=1S/C116H69N7O/c1-3-27-72(28-4-1)109-117-111(74-57-53-70(54-58-74)77-63-68-99-93(69-77)83-34-11-19-45-96(83)115(99)94-43-17-9-32-81(94)82-33-10-18-44-95(82)115)120-112(118-109)75-59-55-71(56-60-75)79-66-67-88(107-92-40-16-24-52-104(92)124-108(79)107)87-42-26-49-101-106(87)91-39-13-21-47-98(91)116(101)97-46-20-12-38-90(97)105-86(41-25-48-100(105)116)80-31-7-8-37-89(80)114-121-110(73-29-5-2-6-30-73)119-113(122-114)76-61-64-78(65-62-76)123-102-50-22-14-35-84(102)85-36-15-23-51-103(85)123/h1-69H. The number of hydrogen-bond donors (Lipinski definition) is 0. The Morgan fingerprint density at radius 1 is 0.194 bits per heavy atom. The quantitative estimate of drug-likeness (QED) is 0.127. The molecule has 4 aromatic heterocycles. The molecule has 2 spiro atoms. The minimum atomic E-state index is -0.698. The van der Waals surface area contributed by atoms with Gasteiger partial charge in [-0.25, -0.2) is 29.9 Å². The Labute approximate surface area is 714 Å². The molecule has 0 fully saturated rings. The van der Waals surface area contributed by atoms with Crippen LogP contribution in [-0.4, -0.2) is 34.5 Å². The lowest BCUT2D eigenvalue weighted by atomic mass is 9.70. The number of benzene rings is 18. The summed E-state index contributed by atoms with van der Waals surface area (Å²) in [5.74, 6) is 3.55. The summed E-state index contributed by atoms with van der Waals surface area (Å²) in [6, 6.07) is 151. The van der Waals surface area contributed by atoms with Gasteiger partial charge >= 0.3 is 0 Å². The highest BCUT2D eigenvalue weighted by Crippen LogP contribution is 2.67. The summed E-state index contributed by atoms with van der Waals surface area (Å²) in [6.07, 6.45) is 0. The molecule has 22 aromatic rings. The molecule has 4 heterocycles. The van der Waals surface area contributed by atoms with Crippen molar-refractivity contribution in [3.05, 3.63) is 463 Å². The lowest BCUT2D eigenvalue weighted by Gasteiger charge is -2.30. The van der Waals surface area contributed by atoms with Gasteiger partial charge in [-0.15, -0.1) is 0 Å². The predicted octanol–water partition coefficient (Wildman–Crippen LogP) is 28.4. The summed E-state index contributed by atoms with van der Waals surface area (Å²) < 4.78 is 9.52. The summed E-state index contributed by atoms with van der Waals surface area (Å²) in [5.41, 5.74) is 38.0. The van der Waals surface area contributed by atoms with E-state index in [1.54, 1.807) is 0 Å². The van der Waals surface area contributed by atoms with Crippen LogP contribution in [0.5, 0.6) is 0 Å². The van der Waals surface area contributed by atoms with Crippen LogP contribution in [0.2, 0.25) is 0 Å². The van der Waals surface area contributed by atoms with Crippen LogP contribution < -0.4 is 0 Å². The van der Waals surface area contributed by atoms with Crippen LogP contribution in [0.25, 0.3) is 207 Å². The van der Waals surface area contributed by atoms with E-state index < -0.39 is 10.8 Å². The van der Waals surface area contributed by atoms with Gasteiger partial charge in [-0.1, -0.05) is 364 Å². The maximum absolute atomic E-state index is 7.18. The average Bonchev–Trinajstić information content (AvgIpc) is 1.50. The van der Waals surface area contributed by atoms with E-state index in [1.165, 1.54) is 99.8 Å². The van der Waals surface area contributed by atoms with E-state index >= 15 is 0 Å². The van der Waals surface area contributed by atoms with Crippen LogP contribution in [-0.2, 0) is 10.8 Å². The van der Waals surface area contributed by atoms with Gasteiger partial charge in [0.2, 0.25) is 0 Å². The molecule has 4 aliphatic rings. The molecule has 574 valence electrons. The molecule has 8 heteroatoms. The number of furan rings is 1. The van der Waals surface area contributed by atoms with Crippen molar-refractivity contribution in [1.82, 2.24) is 34.5 Å².